The Morgan fingerprint density at radius 3 is 2.50 bits per heavy atom. The number of aryl methyl sites for hydroxylation is 2. The third kappa shape index (κ3) is 5.87. The number of ether oxygens (including phenoxy) is 4. The largest absolute Gasteiger partial charge is 0.493 e. The molecule has 38 heavy (non-hydrogen) atoms. The number of hydrogen-bond donors (Lipinski definition) is 1. The molecular formula is C30H29ClN2O5. The summed E-state index contributed by atoms with van der Waals surface area (Å²) in [4.78, 5) is 12.5. The van der Waals surface area contributed by atoms with Gasteiger partial charge in [-0.15, -0.1) is 0 Å². The fourth-order valence-corrected chi connectivity index (χ4v) is 4.40. The highest BCUT2D eigenvalue weighted by atomic mass is 35.5. The monoisotopic (exact) mass is 532 g/mol. The van der Waals surface area contributed by atoms with Crippen LogP contribution < -0.4 is 24.7 Å². The Morgan fingerprint density at radius 1 is 1.05 bits per heavy atom. The molecule has 1 unspecified atom stereocenters. The molecule has 0 amide bonds. The summed E-state index contributed by atoms with van der Waals surface area (Å²) in [6, 6.07) is 18.3. The molecule has 2 N–H and O–H groups in total. The minimum Gasteiger partial charge on any atom is -0.493 e. The first kappa shape index (κ1) is 26.9. The van der Waals surface area contributed by atoms with Crippen LogP contribution >= 0.6 is 11.6 Å². The van der Waals surface area contributed by atoms with Gasteiger partial charge in [-0.1, -0.05) is 49.2 Å². The maximum atomic E-state index is 12.5. The van der Waals surface area contributed by atoms with E-state index in [0.717, 1.165) is 29.5 Å². The first-order chi connectivity index (χ1) is 18.3. The number of nitrogens with zero attached hydrogens (tertiary/aromatic N) is 1. The number of fused-ring (bicyclic) bond motifs is 1. The predicted octanol–water partition coefficient (Wildman–Crippen LogP) is 6.34. The number of benzene rings is 3. The molecule has 0 saturated carbocycles. The van der Waals surface area contributed by atoms with Crippen molar-refractivity contribution in [1.29, 1.82) is 5.26 Å². The van der Waals surface area contributed by atoms with Crippen molar-refractivity contribution in [3.8, 4) is 29.1 Å². The van der Waals surface area contributed by atoms with E-state index in [1.165, 1.54) is 0 Å². The van der Waals surface area contributed by atoms with Gasteiger partial charge in [-0.25, -0.2) is 4.79 Å². The fraction of sp³-hybridized carbons (Fsp3) is 0.267. The summed E-state index contributed by atoms with van der Waals surface area (Å²) >= 11 is 6.20. The molecule has 0 aromatic heterocycles. The van der Waals surface area contributed by atoms with Crippen LogP contribution in [0.25, 0.3) is 0 Å². The second kappa shape index (κ2) is 11.9. The number of halogens is 1. The van der Waals surface area contributed by atoms with Crippen LogP contribution in [-0.4, -0.2) is 19.2 Å². The molecule has 0 saturated heterocycles. The van der Waals surface area contributed by atoms with E-state index in [-0.39, 0.29) is 23.8 Å². The van der Waals surface area contributed by atoms with Crippen LogP contribution in [0.15, 0.2) is 66.1 Å². The first-order valence-corrected chi connectivity index (χ1v) is 12.7. The van der Waals surface area contributed by atoms with Crippen LogP contribution in [0.2, 0.25) is 5.02 Å². The van der Waals surface area contributed by atoms with E-state index in [1.807, 2.05) is 38.1 Å². The van der Waals surface area contributed by atoms with E-state index in [2.05, 4.69) is 13.0 Å². The zero-order chi connectivity index (χ0) is 27.2. The zero-order valence-electron chi connectivity index (χ0n) is 21.5. The summed E-state index contributed by atoms with van der Waals surface area (Å²) in [7, 11) is 0. The molecule has 0 aliphatic carbocycles. The fourth-order valence-electron chi connectivity index (χ4n) is 4.29. The number of nitrogens with two attached hydrogens (primary N) is 1. The molecule has 7 nitrogen and oxygen atoms in total. The van der Waals surface area contributed by atoms with Gasteiger partial charge in [0.05, 0.1) is 12.5 Å². The summed E-state index contributed by atoms with van der Waals surface area (Å²) in [5, 5.41) is 10.6. The van der Waals surface area contributed by atoms with Crippen molar-refractivity contribution in [3.63, 3.8) is 0 Å². The molecule has 3 aromatic carbocycles. The van der Waals surface area contributed by atoms with Crippen molar-refractivity contribution in [2.45, 2.75) is 39.5 Å². The van der Waals surface area contributed by atoms with Crippen molar-refractivity contribution in [3.05, 3.63) is 93.3 Å². The van der Waals surface area contributed by atoms with Gasteiger partial charge in [0.1, 0.15) is 34.6 Å². The van der Waals surface area contributed by atoms with Crippen molar-refractivity contribution in [2.24, 2.45) is 5.73 Å². The lowest BCUT2D eigenvalue weighted by atomic mass is 9.83. The Bertz CT molecular complexity index is 1400. The topological polar surface area (TPSA) is 104 Å². The van der Waals surface area contributed by atoms with Gasteiger partial charge in [0.15, 0.2) is 6.61 Å². The van der Waals surface area contributed by atoms with E-state index in [1.54, 1.807) is 30.3 Å². The number of hydrogen-bond acceptors (Lipinski definition) is 7. The van der Waals surface area contributed by atoms with Crippen LogP contribution in [0.4, 0.5) is 0 Å². The Morgan fingerprint density at radius 2 is 1.79 bits per heavy atom. The maximum absolute atomic E-state index is 12.5. The maximum Gasteiger partial charge on any atom is 0.349 e. The highest BCUT2D eigenvalue weighted by Gasteiger charge is 2.33. The van der Waals surface area contributed by atoms with Gasteiger partial charge in [0.25, 0.3) is 0 Å². The number of nitriles is 1. The van der Waals surface area contributed by atoms with Gasteiger partial charge in [0, 0.05) is 22.2 Å². The zero-order valence-corrected chi connectivity index (χ0v) is 22.3. The Balaban J connectivity index is 1.55. The number of carbonyl (C=O) groups is 1. The number of esters is 1. The van der Waals surface area contributed by atoms with Gasteiger partial charge in [-0.2, -0.15) is 5.26 Å². The molecule has 3 aromatic rings. The Hall–Kier alpha value is -4.15. The second-order valence-electron chi connectivity index (χ2n) is 9.00. The molecule has 196 valence electrons. The van der Waals surface area contributed by atoms with Crippen LogP contribution in [0.1, 0.15) is 47.9 Å². The van der Waals surface area contributed by atoms with Crippen molar-refractivity contribution in [2.75, 3.05) is 13.2 Å². The number of allylic oxidation sites excluding steroid dienone is 1. The van der Waals surface area contributed by atoms with E-state index in [0.29, 0.717) is 34.4 Å². The Kier molecular flexibility index (Phi) is 8.45. The van der Waals surface area contributed by atoms with E-state index in [9.17, 15) is 10.1 Å². The SMILES string of the molecule is CCCCOc1ccccc1C1C(C#N)=C(N)Oc2cc(OC(=O)COc3cc(C)c(Cl)c(C)c3)ccc21. The molecule has 0 radical (unpaired) electrons. The second-order valence-corrected chi connectivity index (χ2v) is 9.38. The van der Waals surface area contributed by atoms with Gasteiger partial charge < -0.3 is 24.7 Å². The first-order valence-electron chi connectivity index (χ1n) is 12.4. The van der Waals surface area contributed by atoms with Crippen LogP contribution in [0, 0.1) is 25.2 Å². The van der Waals surface area contributed by atoms with Crippen LogP contribution in [0.3, 0.4) is 0 Å². The number of unbranched alkanes of at least 4 members (excludes halogenated alkanes) is 1. The Labute approximate surface area is 227 Å². The highest BCUT2D eigenvalue weighted by Crippen LogP contribution is 2.45. The van der Waals surface area contributed by atoms with Gasteiger partial charge in [-0.3, -0.25) is 0 Å². The molecule has 8 heteroatoms. The van der Waals surface area contributed by atoms with E-state index < -0.39 is 11.9 Å². The summed E-state index contributed by atoms with van der Waals surface area (Å²) in [5.74, 6) is 0.780. The summed E-state index contributed by atoms with van der Waals surface area (Å²) in [6.07, 6.45) is 1.92. The summed E-state index contributed by atoms with van der Waals surface area (Å²) < 4.78 is 22.9. The third-order valence-electron chi connectivity index (χ3n) is 6.17. The minimum atomic E-state index is -0.585. The third-order valence-corrected chi connectivity index (χ3v) is 6.77. The van der Waals surface area contributed by atoms with Crippen LogP contribution in [0.5, 0.6) is 23.0 Å². The van der Waals surface area contributed by atoms with E-state index in [4.69, 9.17) is 36.3 Å². The number of carbonyl (C=O) groups excluding carboxylic acids is 1. The standard InChI is InChI=1S/C30H29ClN2O5/c1-4-5-12-35-25-9-7-6-8-22(25)28-23-11-10-20(15-26(23)38-30(33)24(28)16-32)37-27(34)17-36-21-13-18(2)29(31)19(3)14-21/h6-11,13-15,28H,4-5,12,17,33H2,1-3H3. The van der Waals surface area contributed by atoms with Crippen molar-refractivity contribution < 1.29 is 23.7 Å². The number of para-hydroxylation sites is 1. The molecule has 1 atom stereocenters. The van der Waals surface area contributed by atoms with Gasteiger partial charge >= 0.3 is 5.97 Å². The average Bonchev–Trinajstić information content (AvgIpc) is 2.90. The molecule has 4 rings (SSSR count). The number of rotatable bonds is 9. The normalized spacial score (nSPS) is 14.2. The van der Waals surface area contributed by atoms with E-state index >= 15 is 0 Å². The highest BCUT2D eigenvalue weighted by molar-refractivity contribution is 6.32. The molecule has 1 heterocycles. The minimum absolute atomic E-state index is 0.00588. The smallest absolute Gasteiger partial charge is 0.349 e. The molecule has 1 aliphatic heterocycles. The quantitative estimate of drug-likeness (QED) is 0.195. The molecule has 0 bridgehead atoms. The molecule has 0 spiro atoms. The molecular weight excluding hydrogens is 504 g/mol. The summed E-state index contributed by atoms with van der Waals surface area (Å²) in [6.45, 7) is 6.11. The lowest BCUT2D eigenvalue weighted by molar-refractivity contribution is -0.136. The molecule has 0 fully saturated rings. The summed E-state index contributed by atoms with van der Waals surface area (Å²) in [5.41, 5.74) is 9.68. The van der Waals surface area contributed by atoms with Crippen molar-refractivity contribution >= 4 is 17.6 Å². The molecule has 1 aliphatic rings. The lowest BCUT2D eigenvalue weighted by Gasteiger charge is -2.28. The lowest BCUT2D eigenvalue weighted by Crippen LogP contribution is -2.22. The van der Waals surface area contributed by atoms with Crippen LogP contribution in [-0.2, 0) is 4.79 Å². The van der Waals surface area contributed by atoms with Gasteiger partial charge in [-0.05, 0) is 55.7 Å². The van der Waals surface area contributed by atoms with Gasteiger partial charge in [0.2, 0.25) is 5.88 Å². The van der Waals surface area contributed by atoms with Crippen molar-refractivity contribution in [1.82, 2.24) is 0 Å². The predicted molar refractivity (Wildman–Crippen MR) is 145 cm³/mol. The average molecular weight is 533 g/mol.